The van der Waals surface area contributed by atoms with Gasteiger partial charge >= 0.3 is 0 Å². The zero-order valence-corrected chi connectivity index (χ0v) is 13.2. The Labute approximate surface area is 123 Å². The number of aliphatic hydroxyl groups is 1. The summed E-state index contributed by atoms with van der Waals surface area (Å²) < 4.78 is 16.1. The van der Waals surface area contributed by atoms with E-state index in [2.05, 4.69) is 0 Å². The molecule has 1 aliphatic rings. The van der Waals surface area contributed by atoms with Gasteiger partial charge in [-0.1, -0.05) is 38.5 Å². The molecule has 0 aliphatic carbocycles. The van der Waals surface area contributed by atoms with Gasteiger partial charge in [0.15, 0.2) is 6.29 Å². The van der Waals surface area contributed by atoms with Crippen LogP contribution in [0.3, 0.4) is 0 Å². The lowest BCUT2D eigenvalue weighted by molar-refractivity contribution is -0.127. The maximum Gasteiger partial charge on any atom is 0.154 e. The third kappa shape index (κ3) is 8.90. The van der Waals surface area contributed by atoms with Gasteiger partial charge in [0.1, 0.15) is 6.10 Å². The van der Waals surface area contributed by atoms with E-state index in [1.165, 1.54) is 38.5 Å². The van der Waals surface area contributed by atoms with E-state index in [4.69, 9.17) is 19.3 Å². The summed E-state index contributed by atoms with van der Waals surface area (Å²) in [5.74, 6) is 0. The van der Waals surface area contributed by atoms with Crippen molar-refractivity contribution in [1.82, 2.24) is 0 Å². The second-order valence-corrected chi connectivity index (χ2v) is 5.55. The smallest absolute Gasteiger partial charge is 0.154 e. The van der Waals surface area contributed by atoms with Crippen molar-refractivity contribution < 1.29 is 19.3 Å². The second kappa shape index (κ2) is 11.5. The van der Waals surface area contributed by atoms with Crippen molar-refractivity contribution in [3.63, 3.8) is 0 Å². The number of epoxide rings is 1. The molecule has 1 saturated heterocycles. The van der Waals surface area contributed by atoms with Gasteiger partial charge in [-0.05, 0) is 26.7 Å². The highest BCUT2D eigenvalue weighted by atomic mass is 16.7. The molecule has 0 amide bonds. The van der Waals surface area contributed by atoms with Gasteiger partial charge in [0, 0.05) is 13.2 Å². The van der Waals surface area contributed by atoms with E-state index in [0.29, 0.717) is 12.7 Å². The number of ether oxygens (including phenoxy) is 3. The zero-order chi connectivity index (χ0) is 14.6. The quantitative estimate of drug-likeness (QED) is 0.303. The summed E-state index contributed by atoms with van der Waals surface area (Å²) in [4.78, 5) is 0. The Morgan fingerprint density at radius 3 is 2.20 bits per heavy atom. The monoisotopic (exact) mass is 288 g/mol. The molecule has 1 N–H and O–H groups in total. The third-order valence-corrected chi connectivity index (χ3v) is 3.75. The molecule has 0 aromatic carbocycles. The predicted octanol–water partition coefficient (Wildman–Crippen LogP) is 3.27. The highest BCUT2D eigenvalue weighted by molar-refractivity contribution is 4.83. The molecule has 120 valence electrons. The van der Waals surface area contributed by atoms with Crippen LogP contribution >= 0.6 is 0 Å². The molecular weight excluding hydrogens is 256 g/mol. The van der Waals surface area contributed by atoms with E-state index >= 15 is 0 Å². The first-order chi connectivity index (χ1) is 9.77. The summed E-state index contributed by atoms with van der Waals surface area (Å²) >= 11 is 0. The lowest BCUT2D eigenvalue weighted by Crippen LogP contribution is -2.13. The average Bonchev–Trinajstić information content (AvgIpc) is 3.20. The SMILES string of the molecule is CCOC(C)OCCCCCCCCC[C@H]1O[C@@H]1CO. The molecule has 0 saturated carbocycles. The maximum absolute atomic E-state index is 8.84. The molecule has 20 heavy (non-hydrogen) atoms. The number of hydrogen-bond acceptors (Lipinski definition) is 4. The molecule has 4 nitrogen and oxygen atoms in total. The van der Waals surface area contributed by atoms with E-state index in [9.17, 15) is 0 Å². The van der Waals surface area contributed by atoms with Crippen molar-refractivity contribution in [2.75, 3.05) is 19.8 Å². The Morgan fingerprint density at radius 1 is 0.950 bits per heavy atom. The summed E-state index contributed by atoms with van der Waals surface area (Å²) in [7, 11) is 0. The van der Waals surface area contributed by atoms with Crippen LogP contribution in [0.15, 0.2) is 0 Å². The van der Waals surface area contributed by atoms with Gasteiger partial charge in [-0.3, -0.25) is 0 Å². The summed E-state index contributed by atoms with van der Waals surface area (Å²) in [6.07, 6.45) is 10.4. The zero-order valence-electron chi connectivity index (χ0n) is 13.2. The van der Waals surface area contributed by atoms with Crippen LogP contribution < -0.4 is 0 Å². The van der Waals surface area contributed by atoms with Gasteiger partial charge in [-0.25, -0.2) is 0 Å². The number of aliphatic hydroxyl groups excluding tert-OH is 1. The maximum atomic E-state index is 8.84. The Morgan fingerprint density at radius 2 is 1.60 bits per heavy atom. The van der Waals surface area contributed by atoms with Gasteiger partial charge in [-0.15, -0.1) is 0 Å². The van der Waals surface area contributed by atoms with Crippen LogP contribution in [0.25, 0.3) is 0 Å². The van der Waals surface area contributed by atoms with Crippen LogP contribution in [-0.2, 0) is 14.2 Å². The second-order valence-electron chi connectivity index (χ2n) is 5.55. The molecule has 1 aliphatic heterocycles. The standard InChI is InChI=1S/C16H32O4/c1-3-18-14(2)19-12-10-8-6-4-5-7-9-11-15-16(13-17)20-15/h14-17H,3-13H2,1-2H3/t14?,15-,16-/m1/s1. The minimum absolute atomic E-state index is 0.0626. The molecule has 1 heterocycles. The topological polar surface area (TPSA) is 51.2 Å². The first kappa shape index (κ1) is 17.9. The molecule has 1 unspecified atom stereocenters. The summed E-state index contributed by atoms with van der Waals surface area (Å²) in [5.41, 5.74) is 0. The van der Waals surface area contributed by atoms with Crippen molar-refractivity contribution in [1.29, 1.82) is 0 Å². The first-order valence-corrected chi connectivity index (χ1v) is 8.27. The van der Waals surface area contributed by atoms with Gasteiger partial charge in [0.25, 0.3) is 0 Å². The van der Waals surface area contributed by atoms with Crippen LogP contribution in [0, 0.1) is 0 Å². The van der Waals surface area contributed by atoms with Crippen molar-refractivity contribution in [3.8, 4) is 0 Å². The lowest BCUT2D eigenvalue weighted by atomic mass is 10.1. The van der Waals surface area contributed by atoms with Crippen LogP contribution in [0.4, 0.5) is 0 Å². The van der Waals surface area contributed by atoms with Crippen LogP contribution in [0.5, 0.6) is 0 Å². The fourth-order valence-electron chi connectivity index (χ4n) is 2.46. The van der Waals surface area contributed by atoms with E-state index in [1.807, 2.05) is 13.8 Å². The fraction of sp³-hybridized carbons (Fsp3) is 1.00. The molecule has 0 aromatic heterocycles. The minimum atomic E-state index is -0.0626. The largest absolute Gasteiger partial charge is 0.394 e. The molecular formula is C16H32O4. The Hall–Kier alpha value is -0.160. The molecule has 0 radical (unpaired) electrons. The van der Waals surface area contributed by atoms with Crippen molar-refractivity contribution in [3.05, 3.63) is 0 Å². The van der Waals surface area contributed by atoms with E-state index < -0.39 is 0 Å². The van der Waals surface area contributed by atoms with Gasteiger partial charge in [-0.2, -0.15) is 0 Å². The average molecular weight is 288 g/mol. The van der Waals surface area contributed by atoms with Crippen molar-refractivity contribution in [2.45, 2.75) is 83.7 Å². The molecule has 1 rings (SSSR count). The molecule has 3 atom stereocenters. The van der Waals surface area contributed by atoms with Crippen LogP contribution in [-0.4, -0.2) is 43.4 Å². The van der Waals surface area contributed by atoms with Gasteiger partial charge < -0.3 is 19.3 Å². The highest BCUT2D eigenvalue weighted by Gasteiger charge is 2.36. The lowest BCUT2D eigenvalue weighted by Gasteiger charge is -2.12. The predicted molar refractivity (Wildman–Crippen MR) is 79.7 cm³/mol. The normalized spacial score (nSPS) is 22.9. The summed E-state index contributed by atoms with van der Waals surface area (Å²) in [6.45, 7) is 5.65. The Balaban J connectivity index is 1.70. The fourth-order valence-corrected chi connectivity index (χ4v) is 2.46. The summed E-state index contributed by atoms with van der Waals surface area (Å²) in [6, 6.07) is 0. The van der Waals surface area contributed by atoms with Gasteiger partial charge in [0.2, 0.25) is 0 Å². The van der Waals surface area contributed by atoms with E-state index in [0.717, 1.165) is 19.4 Å². The van der Waals surface area contributed by atoms with Crippen LogP contribution in [0.2, 0.25) is 0 Å². The number of hydrogen-bond donors (Lipinski definition) is 1. The third-order valence-electron chi connectivity index (χ3n) is 3.75. The molecule has 0 spiro atoms. The van der Waals surface area contributed by atoms with E-state index in [-0.39, 0.29) is 19.0 Å². The molecule has 4 heteroatoms. The van der Waals surface area contributed by atoms with E-state index in [1.54, 1.807) is 0 Å². The molecule has 0 bridgehead atoms. The highest BCUT2D eigenvalue weighted by Crippen LogP contribution is 2.26. The molecule has 0 aromatic rings. The first-order valence-electron chi connectivity index (χ1n) is 8.27. The number of unbranched alkanes of at least 4 members (excludes halogenated alkanes) is 6. The molecule has 1 fully saturated rings. The van der Waals surface area contributed by atoms with Gasteiger partial charge in [0.05, 0.1) is 12.7 Å². The summed E-state index contributed by atoms with van der Waals surface area (Å²) in [5, 5.41) is 8.84. The van der Waals surface area contributed by atoms with Crippen molar-refractivity contribution in [2.24, 2.45) is 0 Å². The Kier molecular flexibility index (Phi) is 10.3. The number of rotatable bonds is 14. The Bertz CT molecular complexity index is 213. The minimum Gasteiger partial charge on any atom is -0.394 e. The van der Waals surface area contributed by atoms with Crippen molar-refractivity contribution >= 4 is 0 Å². The van der Waals surface area contributed by atoms with Crippen LogP contribution in [0.1, 0.15) is 65.2 Å².